The molecule has 1 rings (SSSR count). The number of rotatable bonds is 4. The number of esters is 1. The molecule has 1 aromatic heterocycles. The van der Waals surface area contributed by atoms with E-state index in [-0.39, 0.29) is 0 Å². The van der Waals surface area contributed by atoms with Gasteiger partial charge in [-0.15, -0.1) is 0 Å². The molecule has 0 saturated carbocycles. The molecular formula is C15H17NO4. The fourth-order valence-electron chi connectivity index (χ4n) is 1.30. The van der Waals surface area contributed by atoms with Crippen molar-refractivity contribution < 1.29 is 19.4 Å². The van der Waals surface area contributed by atoms with E-state index in [1.165, 1.54) is 18.2 Å². The Kier molecular flexibility index (Phi) is 5.20. The number of pyridine rings is 1. The van der Waals surface area contributed by atoms with Crippen LogP contribution in [0.15, 0.2) is 30.4 Å². The Morgan fingerprint density at radius 3 is 2.20 bits per heavy atom. The van der Waals surface area contributed by atoms with Crippen molar-refractivity contribution in [2.24, 2.45) is 0 Å². The van der Waals surface area contributed by atoms with Gasteiger partial charge in [0, 0.05) is 12.2 Å². The van der Waals surface area contributed by atoms with E-state index < -0.39 is 17.5 Å². The molecule has 0 atom stereocenters. The van der Waals surface area contributed by atoms with Crippen molar-refractivity contribution in [3.8, 4) is 0 Å². The van der Waals surface area contributed by atoms with Crippen molar-refractivity contribution in [2.45, 2.75) is 26.4 Å². The van der Waals surface area contributed by atoms with Gasteiger partial charge in [0.15, 0.2) is 0 Å². The normalized spacial score (nSPS) is 11.9. The van der Waals surface area contributed by atoms with Crippen LogP contribution in [0, 0.1) is 0 Å². The third kappa shape index (κ3) is 6.49. The van der Waals surface area contributed by atoms with Gasteiger partial charge in [-0.25, -0.2) is 14.6 Å². The predicted molar refractivity (Wildman–Crippen MR) is 75.8 cm³/mol. The summed E-state index contributed by atoms with van der Waals surface area (Å²) in [5, 5.41) is 8.54. The largest absolute Gasteiger partial charge is 0.478 e. The Labute approximate surface area is 117 Å². The lowest BCUT2D eigenvalue weighted by atomic mass is 10.2. The van der Waals surface area contributed by atoms with Crippen LogP contribution in [0.5, 0.6) is 0 Å². The van der Waals surface area contributed by atoms with E-state index in [0.717, 1.165) is 6.08 Å². The minimum Gasteiger partial charge on any atom is -0.478 e. The van der Waals surface area contributed by atoms with Crippen LogP contribution in [0.1, 0.15) is 32.2 Å². The molecule has 0 radical (unpaired) electrons. The molecule has 0 aliphatic carbocycles. The molecule has 0 amide bonds. The Hall–Kier alpha value is -2.43. The number of hydrogen-bond acceptors (Lipinski definition) is 4. The second-order valence-corrected chi connectivity index (χ2v) is 5.03. The quantitative estimate of drug-likeness (QED) is 0.675. The van der Waals surface area contributed by atoms with Crippen LogP contribution in [-0.4, -0.2) is 27.6 Å². The minimum absolute atomic E-state index is 0.453. The summed E-state index contributed by atoms with van der Waals surface area (Å²) in [7, 11) is 0. The first-order valence-corrected chi connectivity index (χ1v) is 6.05. The summed E-state index contributed by atoms with van der Waals surface area (Å²) >= 11 is 0. The zero-order chi connectivity index (χ0) is 15.2. The Morgan fingerprint density at radius 2 is 1.70 bits per heavy atom. The molecule has 1 heterocycles. The third-order valence-corrected chi connectivity index (χ3v) is 1.99. The van der Waals surface area contributed by atoms with Crippen LogP contribution in [0.4, 0.5) is 0 Å². The van der Waals surface area contributed by atoms with Gasteiger partial charge < -0.3 is 9.84 Å². The van der Waals surface area contributed by atoms with Crippen LogP contribution in [0.2, 0.25) is 0 Å². The molecule has 0 unspecified atom stereocenters. The average Bonchev–Trinajstić information content (AvgIpc) is 2.32. The number of carbonyl (C=O) groups excluding carboxylic acids is 1. The van der Waals surface area contributed by atoms with E-state index in [2.05, 4.69) is 4.98 Å². The number of aliphatic carboxylic acids is 1. The lowest BCUT2D eigenvalue weighted by Crippen LogP contribution is -2.22. The van der Waals surface area contributed by atoms with Gasteiger partial charge in [0.25, 0.3) is 0 Å². The van der Waals surface area contributed by atoms with Crippen molar-refractivity contribution in [2.75, 3.05) is 0 Å². The summed E-state index contributed by atoms with van der Waals surface area (Å²) < 4.78 is 5.12. The molecule has 0 aliphatic heterocycles. The average molecular weight is 275 g/mol. The van der Waals surface area contributed by atoms with Crippen LogP contribution in [0.3, 0.4) is 0 Å². The molecule has 0 aliphatic rings. The minimum atomic E-state index is -1.04. The number of nitrogens with zero attached hydrogens (tertiary/aromatic N) is 1. The van der Waals surface area contributed by atoms with Gasteiger partial charge >= 0.3 is 11.9 Å². The lowest BCUT2D eigenvalue weighted by molar-refractivity contribution is -0.148. The molecule has 0 fully saturated rings. The van der Waals surface area contributed by atoms with Gasteiger partial charge in [-0.2, -0.15) is 0 Å². The zero-order valence-electron chi connectivity index (χ0n) is 11.7. The highest BCUT2D eigenvalue weighted by atomic mass is 16.6. The maximum atomic E-state index is 11.5. The molecule has 1 N–H and O–H groups in total. The monoisotopic (exact) mass is 275 g/mol. The molecule has 1 aromatic rings. The van der Waals surface area contributed by atoms with E-state index in [0.29, 0.717) is 11.4 Å². The number of hydrogen-bond donors (Lipinski definition) is 1. The first-order chi connectivity index (χ1) is 9.26. The predicted octanol–water partition coefficient (Wildman–Crippen LogP) is 2.53. The topological polar surface area (TPSA) is 76.5 Å². The zero-order valence-corrected chi connectivity index (χ0v) is 11.7. The maximum absolute atomic E-state index is 11.5. The highest BCUT2D eigenvalue weighted by Gasteiger charge is 2.13. The van der Waals surface area contributed by atoms with E-state index >= 15 is 0 Å². The Morgan fingerprint density at radius 1 is 1.15 bits per heavy atom. The molecule has 106 valence electrons. The molecular weight excluding hydrogens is 258 g/mol. The number of carbonyl (C=O) groups is 2. The first-order valence-electron chi connectivity index (χ1n) is 6.05. The van der Waals surface area contributed by atoms with Crippen molar-refractivity contribution >= 4 is 24.1 Å². The van der Waals surface area contributed by atoms with E-state index in [1.807, 2.05) is 0 Å². The summed E-state index contributed by atoms with van der Waals surface area (Å²) in [6.07, 6.45) is 5.20. The van der Waals surface area contributed by atoms with Crippen LogP contribution < -0.4 is 0 Å². The van der Waals surface area contributed by atoms with Crippen LogP contribution in [0.25, 0.3) is 12.2 Å². The maximum Gasteiger partial charge on any atom is 0.331 e. The fourth-order valence-corrected chi connectivity index (χ4v) is 1.30. The third-order valence-electron chi connectivity index (χ3n) is 1.99. The van der Waals surface area contributed by atoms with Gasteiger partial charge in [0.05, 0.1) is 11.4 Å². The standard InChI is InChI=1S/C15H17NO4/c1-15(2,3)20-14(19)10-8-12-6-4-5-11(16-12)7-9-13(17)18/h4-10H,1-3H3,(H,17,18)/b9-7+,10-8+. The van der Waals surface area contributed by atoms with Gasteiger partial charge in [-0.05, 0) is 45.1 Å². The number of carboxylic acid groups (broad SMARTS) is 1. The number of aromatic nitrogens is 1. The Balaban J connectivity index is 2.76. The lowest BCUT2D eigenvalue weighted by Gasteiger charge is -2.17. The molecule has 5 heteroatoms. The molecule has 20 heavy (non-hydrogen) atoms. The van der Waals surface area contributed by atoms with Gasteiger partial charge in [0.1, 0.15) is 5.60 Å². The van der Waals surface area contributed by atoms with Crippen molar-refractivity contribution in [1.82, 2.24) is 4.98 Å². The second-order valence-electron chi connectivity index (χ2n) is 5.03. The number of ether oxygens (including phenoxy) is 1. The molecule has 0 bridgehead atoms. The summed E-state index contributed by atoms with van der Waals surface area (Å²) in [5.74, 6) is -1.49. The molecule has 0 aromatic carbocycles. The van der Waals surface area contributed by atoms with Gasteiger partial charge in [0.2, 0.25) is 0 Å². The van der Waals surface area contributed by atoms with Crippen molar-refractivity contribution in [3.63, 3.8) is 0 Å². The van der Waals surface area contributed by atoms with Gasteiger partial charge in [-0.3, -0.25) is 0 Å². The van der Waals surface area contributed by atoms with E-state index in [9.17, 15) is 9.59 Å². The SMILES string of the molecule is CC(C)(C)OC(=O)/C=C/c1cccc(/C=C/C(=O)O)n1. The molecule has 5 nitrogen and oxygen atoms in total. The molecule has 0 saturated heterocycles. The smallest absolute Gasteiger partial charge is 0.331 e. The van der Waals surface area contributed by atoms with E-state index in [1.54, 1.807) is 39.0 Å². The highest BCUT2D eigenvalue weighted by Crippen LogP contribution is 2.08. The fraction of sp³-hybridized carbons (Fsp3) is 0.267. The summed E-state index contributed by atoms with van der Waals surface area (Å²) in [6.45, 7) is 5.36. The van der Waals surface area contributed by atoms with Crippen molar-refractivity contribution in [1.29, 1.82) is 0 Å². The molecule has 0 spiro atoms. The van der Waals surface area contributed by atoms with Crippen molar-refractivity contribution in [3.05, 3.63) is 41.7 Å². The first kappa shape index (κ1) is 15.6. The van der Waals surface area contributed by atoms with Gasteiger partial charge in [-0.1, -0.05) is 6.07 Å². The summed E-state index contributed by atoms with van der Waals surface area (Å²) in [6, 6.07) is 5.10. The second kappa shape index (κ2) is 6.65. The van der Waals surface area contributed by atoms with E-state index in [4.69, 9.17) is 9.84 Å². The Bertz CT molecular complexity index is 553. The summed E-state index contributed by atoms with van der Waals surface area (Å²) in [4.78, 5) is 26.1. The number of carboxylic acids is 1. The summed E-state index contributed by atoms with van der Waals surface area (Å²) in [5.41, 5.74) is 0.503. The van der Waals surface area contributed by atoms with Crippen LogP contribution in [-0.2, 0) is 14.3 Å². The van der Waals surface area contributed by atoms with Crippen LogP contribution >= 0.6 is 0 Å². The highest BCUT2D eigenvalue weighted by molar-refractivity contribution is 5.87.